The van der Waals surface area contributed by atoms with Crippen LogP contribution in [0.25, 0.3) is 0 Å². The Bertz CT molecular complexity index is 508. The van der Waals surface area contributed by atoms with Crippen LogP contribution in [-0.4, -0.2) is 37.9 Å². The number of anilines is 1. The SMILES string of the molecule is COC(=O)C1CCN(c2ccc(N=C(N)CCl)cc2)CC1. The van der Waals surface area contributed by atoms with Crippen molar-refractivity contribution in [3.63, 3.8) is 0 Å². The molecule has 0 unspecified atom stereocenters. The van der Waals surface area contributed by atoms with Gasteiger partial charge in [0.05, 0.1) is 24.6 Å². The molecule has 0 aromatic heterocycles. The molecule has 0 radical (unpaired) electrons. The van der Waals surface area contributed by atoms with E-state index in [-0.39, 0.29) is 17.8 Å². The summed E-state index contributed by atoms with van der Waals surface area (Å²) in [7, 11) is 1.44. The number of amidine groups is 1. The van der Waals surface area contributed by atoms with Crippen molar-refractivity contribution in [1.82, 2.24) is 0 Å². The summed E-state index contributed by atoms with van der Waals surface area (Å²) in [4.78, 5) is 18.0. The van der Waals surface area contributed by atoms with Gasteiger partial charge in [-0.15, -0.1) is 11.6 Å². The van der Waals surface area contributed by atoms with Gasteiger partial charge in [0.15, 0.2) is 0 Å². The predicted molar refractivity (Wildman–Crippen MR) is 85.4 cm³/mol. The topological polar surface area (TPSA) is 67.9 Å². The Morgan fingerprint density at radius 3 is 2.52 bits per heavy atom. The molecule has 2 rings (SSSR count). The fourth-order valence-corrected chi connectivity index (χ4v) is 2.53. The molecule has 1 heterocycles. The van der Waals surface area contributed by atoms with Crippen LogP contribution in [0, 0.1) is 5.92 Å². The van der Waals surface area contributed by atoms with Crippen LogP contribution in [0.1, 0.15) is 12.8 Å². The zero-order chi connectivity index (χ0) is 15.2. The first kappa shape index (κ1) is 15.6. The van der Waals surface area contributed by atoms with Crippen molar-refractivity contribution in [3.8, 4) is 0 Å². The number of nitrogens with two attached hydrogens (primary N) is 1. The lowest BCUT2D eigenvalue weighted by Gasteiger charge is -2.32. The highest BCUT2D eigenvalue weighted by Gasteiger charge is 2.25. The third-order valence-electron chi connectivity index (χ3n) is 3.65. The van der Waals surface area contributed by atoms with Crippen molar-refractivity contribution in [2.24, 2.45) is 16.6 Å². The molecule has 0 atom stereocenters. The third kappa shape index (κ3) is 4.11. The second-order valence-corrected chi connectivity index (χ2v) is 5.30. The minimum Gasteiger partial charge on any atom is -0.469 e. The maximum absolute atomic E-state index is 11.5. The van der Waals surface area contributed by atoms with E-state index in [0.29, 0.717) is 5.84 Å². The summed E-state index contributed by atoms with van der Waals surface area (Å²) in [5.74, 6) is 0.556. The van der Waals surface area contributed by atoms with E-state index in [2.05, 4.69) is 9.89 Å². The Labute approximate surface area is 129 Å². The summed E-state index contributed by atoms with van der Waals surface area (Å²) in [6.07, 6.45) is 1.65. The quantitative estimate of drug-likeness (QED) is 0.401. The maximum atomic E-state index is 11.5. The lowest BCUT2D eigenvalue weighted by molar-refractivity contribution is -0.146. The van der Waals surface area contributed by atoms with Gasteiger partial charge in [-0.25, -0.2) is 4.99 Å². The van der Waals surface area contributed by atoms with Gasteiger partial charge >= 0.3 is 5.97 Å². The maximum Gasteiger partial charge on any atom is 0.308 e. The fourth-order valence-electron chi connectivity index (χ4n) is 2.47. The molecule has 114 valence electrons. The van der Waals surface area contributed by atoms with Gasteiger partial charge in [-0.05, 0) is 37.1 Å². The van der Waals surface area contributed by atoms with Gasteiger partial charge in [0.1, 0.15) is 5.84 Å². The number of esters is 1. The van der Waals surface area contributed by atoms with Crippen molar-refractivity contribution in [1.29, 1.82) is 0 Å². The number of piperidine rings is 1. The Morgan fingerprint density at radius 2 is 2.00 bits per heavy atom. The molecule has 1 aliphatic rings. The summed E-state index contributed by atoms with van der Waals surface area (Å²) < 4.78 is 4.80. The van der Waals surface area contributed by atoms with Crippen LogP contribution in [0.5, 0.6) is 0 Å². The van der Waals surface area contributed by atoms with Gasteiger partial charge in [0.25, 0.3) is 0 Å². The molecule has 0 saturated carbocycles. The highest BCUT2D eigenvalue weighted by Crippen LogP contribution is 2.25. The number of methoxy groups -OCH3 is 1. The first-order chi connectivity index (χ1) is 10.1. The Kier molecular flexibility index (Phi) is 5.44. The molecule has 1 aliphatic heterocycles. The Balaban J connectivity index is 1.96. The minimum absolute atomic E-state index is 0.0265. The van der Waals surface area contributed by atoms with Crippen LogP contribution >= 0.6 is 11.6 Å². The van der Waals surface area contributed by atoms with Crippen molar-refractivity contribution in [2.75, 3.05) is 31.0 Å². The van der Waals surface area contributed by atoms with Gasteiger partial charge in [0.2, 0.25) is 0 Å². The van der Waals surface area contributed by atoms with Crippen molar-refractivity contribution >= 4 is 34.8 Å². The number of hydrogen-bond donors (Lipinski definition) is 1. The molecule has 1 fully saturated rings. The van der Waals surface area contributed by atoms with Crippen LogP contribution in [0.3, 0.4) is 0 Å². The monoisotopic (exact) mass is 309 g/mol. The lowest BCUT2D eigenvalue weighted by Crippen LogP contribution is -2.36. The van der Waals surface area contributed by atoms with Crippen LogP contribution in [0.2, 0.25) is 0 Å². The smallest absolute Gasteiger partial charge is 0.308 e. The molecule has 1 saturated heterocycles. The third-order valence-corrected chi connectivity index (χ3v) is 3.93. The van der Waals surface area contributed by atoms with Gasteiger partial charge in [-0.2, -0.15) is 0 Å². The zero-order valence-corrected chi connectivity index (χ0v) is 12.8. The molecule has 1 aromatic carbocycles. The molecular formula is C15H20ClN3O2. The summed E-state index contributed by atoms with van der Waals surface area (Å²) in [5.41, 5.74) is 7.53. The van der Waals surface area contributed by atoms with E-state index in [1.54, 1.807) is 0 Å². The normalized spacial score (nSPS) is 16.9. The van der Waals surface area contributed by atoms with Gasteiger partial charge in [0, 0.05) is 18.8 Å². The van der Waals surface area contributed by atoms with Crippen LogP contribution < -0.4 is 10.6 Å². The van der Waals surface area contributed by atoms with E-state index in [0.717, 1.165) is 37.3 Å². The van der Waals surface area contributed by atoms with Gasteiger partial charge in [-0.3, -0.25) is 4.79 Å². The van der Waals surface area contributed by atoms with Crippen LogP contribution in [0.4, 0.5) is 11.4 Å². The standard InChI is InChI=1S/C15H20ClN3O2/c1-21-15(20)11-6-8-19(9-7-11)13-4-2-12(3-5-13)18-14(17)10-16/h2-5,11H,6-10H2,1H3,(H2,17,18). The van der Waals surface area contributed by atoms with Crippen LogP contribution in [-0.2, 0) is 9.53 Å². The fraction of sp³-hybridized carbons (Fsp3) is 0.467. The highest BCUT2D eigenvalue weighted by atomic mass is 35.5. The van der Waals surface area contributed by atoms with Crippen molar-refractivity contribution in [2.45, 2.75) is 12.8 Å². The molecule has 0 aliphatic carbocycles. The molecule has 0 amide bonds. The van der Waals surface area contributed by atoms with Gasteiger partial charge in [-0.1, -0.05) is 0 Å². The van der Waals surface area contributed by atoms with Gasteiger partial charge < -0.3 is 15.4 Å². The van der Waals surface area contributed by atoms with E-state index in [9.17, 15) is 4.79 Å². The van der Waals surface area contributed by atoms with Crippen molar-refractivity contribution in [3.05, 3.63) is 24.3 Å². The summed E-state index contributed by atoms with van der Waals surface area (Å²) >= 11 is 5.60. The molecule has 1 aromatic rings. The number of carbonyl (C=O) groups is 1. The first-order valence-electron chi connectivity index (χ1n) is 6.96. The van der Waals surface area contributed by atoms with Crippen LogP contribution in [0.15, 0.2) is 29.3 Å². The summed E-state index contributed by atoms with van der Waals surface area (Å²) in [6, 6.07) is 7.86. The number of hydrogen-bond acceptors (Lipinski definition) is 4. The second-order valence-electron chi connectivity index (χ2n) is 5.04. The lowest BCUT2D eigenvalue weighted by atomic mass is 9.96. The number of nitrogens with zero attached hydrogens (tertiary/aromatic N) is 2. The second kappa shape index (κ2) is 7.31. The van der Waals surface area contributed by atoms with E-state index in [1.807, 2.05) is 24.3 Å². The summed E-state index contributed by atoms with van der Waals surface area (Å²) in [6.45, 7) is 1.71. The minimum atomic E-state index is -0.101. The number of carbonyl (C=O) groups excluding carboxylic acids is 1. The molecule has 5 nitrogen and oxygen atoms in total. The number of rotatable bonds is 4. The predicted octanol–water partition coefficient (Wildman–Crippen LogP) is 2.30. The van der Waals surface area contributed by atoms with E-state index in [4.69, 9.17) is 22.1 Å². The zero-order valence-electron chi connectivity index (χ0n) is 12.1. The molecule has 21 heavy (non-hydrogen) atoms. The number of ether oxygens (including phenoxy) is 1. The average molecular weight is 310 g/mol. The largest absolute Gasteiger partial charge is 0.469 e. The van der Waals surface area contributed by atoms with E-state index >= 15 is 0 Å². The molecule has 0 bridgehead atoms. The molecular weight excluding hydrogens is 290 g/mol. The van der Waals surface area contributed by atoms with Crippen molar-refractivity contribution < 1.29 is 9.53 Å². The first-order valence-corrected chi connectivity index (χ1v) is 7.49. The Hall–Kier alpha value is -1.75. The number of halogens is 1. The summed E-state index contributed by atoms with van der Waals surface area (Å²) in [5, 5.41) is 0. The highest BCUT2D eigenvalue weighted by molar-refractivity contribution is 6.28. The molecule has 6 heteroatoms. The Morgan fingerprint density at radius 1 is 1.38 bits per heavy atom. The van der Waals surface area contributed by atoms with E-state index < -0.39 is 0 Å². The molecule has 0 spiro atoms. The number of aliphatic imine (C=N–C) groups is 1. The average Bonchev–Trinajstić information content (AvgIpc) is 2.55. The number of benzene rings is 1. The van der Waals surface area contributed by atoms with E-state index in [1.165, 1.54) is 7.11 Å². The molecule has 2 N–H and O–H groups in total. The number of alkyl halides is 1.